The van der Waals surface area contributed by atoms with Crippen molar-refractivity contribution in [3.63, 3.8) is 0 Å². The molecule has 2 unspecified atom stereocenters. The Bertz CT molecular complexity index is 600. The Balaban J connectivity index is 1.77. The van der Waals surface area contributed by atoms with E-state index >= 15 is 0 Å². The summed E-state index contributed by atoms with van der Waals surface area (Å²) in [5.41, 5.74) is 4.94. The average Bonchev–Trinajstić information content (AvgIpc) is 2.97. The van der Waals surface area contributed by atoms with Gasteiger partial charge in [-0.2, -0.15) is 0 Å². The highest BCUT2D eigenvalue weighted by Crippen LogP contribution is 2.28. The first-order valence-electron chi connectivity index (χ1n) is 7.32. The number of rotatable bonds is 3. The minimum atomic E-state index is 0.146. The van der Waals surface area contributed by atoms with Gasteiger partial charge in [-0.05, 0) is 43.4 Å². The number of aryl methyl sites for hydroxylation is 2. The van der Waals surface area contributed by atoms with E-state index in [9.17, 15) is 0 Å². The third kappa shape index (κ3) is 3.31. The summed E-state index contributed by atoms with van der Waals surface area (Å²) in [6.45, 7) is 9.01. The third-order valence-corrected chi connectivity index (χ3v) is 4.67. The molecule has 0 bridgehead atoms. The van der Waals surface area contributed by atoms with Gasteiger partial charge in [-0.3, -0.25) is 4.90 Å². The Kier molecular flexibility index (Phi) is 4.33. The van der Waals surface area contributed by atoms with Gasteiger partial charge in [0, 0.05) is 24.5 Å². The van der Waals surface area contributed by atoms with Gasteiger partial charge in [0.15, 0.2) is 0 Å². The van der Waals surface area contributed by atoms with Crippen LogP contribution in [0.15, 0.2) is 23.6 Å². The molecule has 0 aliphatic carbocycles. The lowest BCUT2D eigenvalue weighted by Crippen LogP contribution is -2.44. The van der Waals surface area contributed by atoms with Gasteiger partial charge in [-0.1, -0.05) is 28.3 Å². The minimum absolute atomic E-state index is 0.146. The number of hydrogen-bond donors (Lipinski definition) is 0. The highest BCUT2D eigenvalue weighted by molar-refractivity contribution is 7.03. The molecule has 0 radical (unpaired) electrons. The van der Waals surface area contributed by atoms with Gasteiger partial charge in [0.25, 0.3) is 0 Å². The van der Waals surface area contributed by atoms with Crippen molar-refractivity contribution in [2.75, 3.05) is 13.2 Å². The van der Waals surface area contributed by atoms with Crippen LogP contribution in [0.3, 0.4) is 0 Å². The summed E-state index contributed by atoms with van der Waals surface area (Å²) < 4.78 is 10.0. The second-order valence-corrected chi connectivity index (χ2v) is 6.47. The fourth-order valence-corrected chi connectivity index (χ4v) is 3.23. The predicted molar refractivity (Wildman–Crippen MR) is 84.4 cm³/mol. The minimum Gasteiger partial charge on any atom is -0.371 e. The highest BCUT2D eigenvalue weighted by Gasteiger charge is 2.28. The SMILES string of the molecule is Cc1ccc(C)c(C2CN(Cc3csnn3)C(C)CO2)c1. The molecule has 0 saturated carbocycles. The molecule has 3 rings (SSSR count). The quantitative estimate of drug-likeness (QED) is 0.873. The van der Waals surface area contributed by atoms with Crippen molar-refractivity contribution in [2.45, 2.75) is 39.5 Å². The molecule has 1 aliphatic rings. The van der Waals surface area contributed by atoms with Crippen LogP contribution in [0.5, 0.6) is 0 Å². The Hall–Kier alpha value is -1.30. The molecule has 0 N–H and O–H groups in total. The van der Waals surface area contributed by atoms with E-state index in [1.54, 1.807) is 0 Å². The second-order valence-electron chi connectivity index (χ2n) is 5.86. The molecule has 2 heterocycles. The van der Waals surface area contributed by atoms with Crippen molar-refractivity contribution in [3.8, 4) is 0 Å². The van der Waals surface area contributed by atoms with Crippen LogP contribution in [-0.2, 0) is 11.3 Å². The van der Waals surface area contributed by atoms with Crippen molar-refractivity contribution >= 4 is 11.5 Å². The number of nitrogens with zero attached hydrogens (tertiary/aromatic N) is 3. The summed E-state index contributed by atoms with van der Waals surface area (Å²) in [5, 5.41) is 6.18. The number of aromatic nitrogens is 2. The Morgan fingerprint density at radius 3 is 3.00 bits per heavy atom. The summed E-state index contributed by atoms with van der Waals surface area (Å²) in [6, 6.07) is 7.00. The van der Waals surface area contributed by atoms with E-state index < -0.39 is 0 Å². The van der Waals surface area contributed by atoms with E-state index in [4.69, 9.17) is 4.74 Å². The molecular formula is C16H21N3OS. The number of hydrogen-bond acceptors (Lipinski definition) is 5. The van der Waals surface area contributed by atoms with E-state index in [2.05, 4.69) is 53.5 Å². The van der Waals surface area contributed by atoms with Crippen LogP contribution >= 0.6 is 11.5 Å². The molecule has 21 heavy (non-hydrogen) atoms. The van der Waals surface area contributed by atoms with Gasteiger partial charge in [0.2, 0.25) is 0 Å². The maximum absolute atomic E-state index is 6.09. The Morgan fingerprint density at radius 2 is 2.24 bits per heavy atom. The normalized spacial score (nSPS) is 23.4. The molecule has 2 atom stereocenters. The summed E-state index contributed by atoms with van der Waals surface area (Å²) in [6.07, 6.45) is 0.146. The molecule has 2 aromatic rings. The van der Waals surface area contributed by atoms with Crippen molar-refractivity contribution < 1.29 is 4.74 Å². The van der Waals surface area contributed by atoms with Crippen LogP contribution in [0.4, 0.5) is 0 Å². The molecule has 1 fully saturated rings. The maximum atomic E-state index is 6.09. The standard InChI is InChI=1S/C16H21N3OS/c1-11-4-5-12(2)15(6-11)16-8-19(13(3)9-20-16)7-14-10-21-18-17-14/h4-6,10,13,16H,7-9H2,1-3H3. The lowest BCUT2D eigenvalue weighted by Gasteiger charge is -2.38. The topological polar surface area (TPSA) is 38.2 Å². The van der Waals surface area contributed by atoms with Crippen LogP contribution in [0.25, 0.3) is 0 Å². The Morgan fingerprint density at radius 1 is 1.38 bits per heavy atom. The summed E-state index contributed by atoms with van der Waals surface area (Å²) in [4.78, 5) is 2.44. The summed E-state index contributed by atoms with van der Waals surface area (Å²) in [7, 11) is 0. The van der Waals surface area contributed by atoms with E-state index in [1.165, 1.54) is 28.2 Å². The van der Waals surface area contributed by atoms with Gasteiger partial charge in [-0.25, -0.2) is 0 Å². The van der Waals surface area contributed by atoms with Crippen LogP contribution in [0.2, 0.25) is 0 Å². The molecule has 0 spiro atoms. The zero-order valence-electron chi connectivity index (χ0n) is 12.7. The molecule has 112 valence electrons. The third-order valence-electron chi connectivity index (χ3n) is 4.11. The van der Waals surface area contributed by atoms with Gasteiger partial charge in [0.05, 0.1) is 18.4 Å². The van der Waals surface area contributed by atoms with E-state index in [0.717, 1.165) is 25.4 Å². The first kappa shape index (κ1) is 14.6. The number of benzene rings is 1. The van der Waals surface area contributed by atoms with Crippen LogP contribution in [-0.4, -0.2) is 33.7 Å². The summed E-state index contributed by atoms with van der Waals surface area (Å²) >= 11 is 1.41. The zero-order chi connectivity index (χ0) is 14.8. The van der Waals surface area contributed by atoms with Gasteiger partial charge < -0.3 is 4.74 Å². The smallest absolute Gasteiger partial charge is 0.0955 e. The lowest BCUT2D eigenvalue weighted by atomic mass is 9.99. The fourth-order valence-electron chi connectivity index (χ4n) is 2.78. The lowest BCUT2D eigenvalue weighted by molar-refractivity contribution is -0.0639. The number of ether oxygens (including phenoxy) is 1. The number of morpholine rings is 1. The van der Waals surface area contributed by atoms with Gasteiger partial charge in [0.1, 0.15) is 0 Å². The van der Waals surface area contributed by atoms with Crippen LogP contribution < -0.4 is 0 Å². The second kappa shape index (κ2) is 6.22. The van der Waals surface area contributed by atoms with Crippen molar-refractivity contribution in [1.29, 1.82) is 0 Å². The first-order chi connectivity index (χ1) is 10.1. The monoisotopic (exact) mass is 303 g/mol. The molecule has 1 aliphatic heterocycles. The summed E-state index contributed by atoms with van der Waals surface area (Å²) in [5.74, 6) is 0. The van der Waals surface area contributed by atoms with Crippen LogP contribution in [0, 0.1) is 13.8 Å². The Labute approximate surface area is 129 Å². The molecule has 0 amide bonds. The molecular weight excluding hydrogens is 282 g/mol. The van der Waals surface area contributed by atoms with Crippen molar-refractivity contribution in [3.05, 3.63) is 46.0 Å². The van der Waals surface area contributed by atoms with E-state index in [0.29, 0.717) is 6.04 Å². The van der Waals surface area contributed by atoms with Crippen molar-refractivity contribution in [1.82, 2.24) is 14.5 Å². The molecule has 1 aromatic heterocycles. The molecule has 4 nitrogen and oxygen atoms in total. The molecule has 1 saturated heterocycles. The van der Waals surface area contributed by atoms with Crippen LogP contribution in [0.1, 0.15) is 35.4 Å². The van der Waals surface area contributed by atoms with E-state index in [1.807, 2.05) is 5.38 Å². The first-order valence-corrected chi connectivity index (χ1v) is 8.16. The van der Waals surface area contributed by atoms with Gasteiger partial charge in [-0.15, -0.1) is 5.10 Å². The predicted octanol–water partition coefficient (Wildman–Crippen LogP) is 3.12. The van der Waals surface area contributed by atoms with Crippen molar-refractivity contribution in [2.24, 2.45) is 0 Å². The maximum Gasteiger partial charge on any atom is 0.0955 e. The fraction of sp³-hybridized carbons (Fsp3) is 0.500. The van der Waals surface area contributed by atoms with Gasteiger partial charge >= 0.3 is 0 Å². The molecule has 1 aromatic carbocycles. The average molecular weight is 303 g/mol. The molecule has 5 heteroatoms. The highest BCUT2D eigenvalue weighted by atomic mass is 32.1. The largest absolute Gasteiger partial charge is 0.371 e. The zero-order valence-corrected chi connectivity index (χ0v) is 13.6. The van der Waals surface area contributed by atoms with E-state index in [-0.39, 0.29) is 6.10 Å².